The SMILES string of the molecule is CNS(=O)(=O)c1csc(C(=O)OCCc2ccc(F)cc2)c1. The normalized spacial score (nSPS) is 11.4. The molecule has 0 unspecified atom stereocenters. The van der Waals surface area contributed by atoms with Gasteiger partial charge in [0.15, 0.2) is 0 Å². The highest BCUT2D eigenvalue weighted by Gasteiger charge is 2.17. The summed E-state index contributed by atoms with van der Waals surface area (Å²) in [6.07, 6.45) is 0.457. The quantitative estimate of drug-likeness (QED) is 0.816. The number of carbonyl (C=O) groups excluding carboxylic acids is 1. The van der Waals surface area contributed by atoms with Crippen molar-refractivity contribution >= 4 is 27.3 Å². The van der Waals surface area contributed by atoms with Crippen molar-refractivity contribution in [3.63, 3.8) is 0 Å². The first-order chi connectivity index (χ1) is 10.4. The lowest BCUT2D eigenvalue weighted by Crippen LogP contribution is -2.17. The Bertz CT molecular complexity index is 753. The van der Waals surface area contributed by atoms with E-state index in [1.54, 1.807) is 12.1 Å². The number of nitrogens with one attached hydrogen (secondary N) is 1. The van der Waals surface area contributed by atoms with Gasteiger partial charge in [-0.2, -0.15) is 0 Å². The van der Waals surface area contributed by atoms with Gasteiger partial charge < -0.3 is 4.74 Å². The summed E-state index contributed by atoms with van der Waals surface area (Å²) in [5.41, 5.74) is 0.846. The molecule has 0 atom stereocenters. The van der Waals surface area contributed by atoms with E-state index in [0.717, 1.165) is 16.9 Å². The predicted molar refractivity (Wildman–Crippen MR) is 81.0 cm³/mol. The van der Waals surface area contributed by atoms with Crippen LogP contribution in [0.1, 0.15) is 15.2 Å². The first kappa shape index (κ1) is 16.6. The third-order valence-corrected chi connectivity index (χ3v) is 5.35. The molecule has 0 aliphatic carbocycles. The van der Waals surface area contributed by atoms with Gasteiger partial charge >= 0.3 is 5.97 Å². The minimum Gasteiger partial charge on any atom is -0.461 e. The number of hydrogen-bond acceptors (Lipinski definition) is 5. The Morgan fingerprint density at radius 2 is 2.00 bits per heavy atom. The lowest BCUT2D eigenvalue weighted by Gasteiger charge is -2.03. The zero-order valence-electron chi connectivity index (χ0n) is 11.7. The second-order valence-electron chi connectivity index (χ2n) is 4.37. The molecule has 8 heteroatoms. The highest BCUT2D eigenvalue weighted by molar-refractivity contribution is 7.89. The molecule has 118 valence electrons. The minimum atomic E-state index is -3.56. The molecule has 1 N–H and O–H groups in total. The van der Waals surface area contributed by atoms with Crippen molar-refractivity contribution in [1.29, 1.82) is 0 Å². The van der Waals surface area contributed by atoms with Crippen LogP contribution in [0.15, 0.2) is 40.6 Å². The van der Waals surface area contributed by atoms with Crippen LogP contribution in [0, 0.1) is 5.82 Å². The second kappa shape index (κ2) is 6.99. The maximum absolute atomic E-state index is 12.7. The molecular formula is C14H14FNO4S2. The Hall–Kier alpha value is -1.77. The van der Waals surface area contributed by atoms with Gasteiger partial charge in [0.2, 0.25) is 10.0 Å². The van der Waals surface area contributed by atoms with Gasteiger partial charge in [0, 0.05) is 11.8 Å². The summed E-state index contributed by atoms with van der Waals surface area (Å²) >= 11 is 1.00. The molecule has 22 heavy (non-hydrogen) atoms. The van der Waals surface area contributed by atoms with Gasteiger partial charge in [-0.05, 0) is 30.8 Å². The fraction of sp³-hybridized carbons (Fsp3) is 0.214. The summed E-state index contributed by atoms with van der Waals surface area (Å²) in [6, 6.07) is 7.19. The summed E-state index contributed by atoms with van der Waals surface area (Å²) in [5.74, 6) is -0.901. The zero-order chi connectivity index (χ0) is 16.2. The molecule has 0 amide bonds. The lowest BCUT2D eigenvalue weighted by atomic mass is 10.2. The first-order valence-corrected chi connectivity index (χ1v) is 8.72. The highest BCUT2D eigenvalue weighted by atomic mass is 32.2. The highest BCUT2D eigenvalue weighted by Crippen LogP contribution is 2.20. The van der Waals surface area contributed by atoms with Crippen molar-refractivity contribution in [2.24, 2.45) is 0 Å². The van der Waals surface area contributed by atoms with E-state index in [2.05, 4.69) is 4.72 Å². The average molecular weight is 343 g/mol. The van der Waals surface area contributed by atoms with Crippen LogP contribution in [0.2, 0.25) is 0 Å². The smallest absolute Gasteiger partial charge is 0.348 e. The van der Waals surface area contributed by atoms with Crippen molar-refractivity contribution < 1.29 is 22.3 Å². The third-order valence-electron chi connectivity index (χ3n) is 2.89. The molecule has 5 nitrogen and oxygen atoms in total. The zero-order valence-corrected chi connectivity index (χ0v) is 13.3. The van der Waals surface area contributed by atoms with Gasteiger partial charge in [-0.3, -0.25) is 0 Å². The monoisotopic (exact) mass is 343 g/mol. The van der Waals surface area contributed by atoms with Gasteiger partial charge in [-0.1, -0.05) is 12.1 Å². The van der Waals surface area contributed by atoms with Crippen LogP contribution < -0.4 is 4.72 Å². The van der Waals surface area contributed by atoms with Crippen LogP contribution in [-0.2, 0) is 21.2 Å². The predicted octanol–water partition coefficient (Wildman–Crippen LogP) is 2.19. The molecule has 0 aliphatic rings. The molecule has 1 aromatic carbocycles. The Balaban J connectivity index is 1.91. The maximum Gasteiger partial charge on any atom is 0.348 e. The molecule has 0 fully saturated rings. The summed E-state index contributed by atoms with van der Waals surface area (Å²) in [4.78, 5) is 12.1. The summed E-state index contributed by atoms with van der Waals surface area (Å²) in [7, 11) is -2.26. The summed E-state index contributed by atoms with van der Waals surface area (Å²) < 4.78 is 43.2. The first-order valence-electron chi connectivity index (χ1n) is 6.36. The van der Waals surface area contributed by atoms with Crippen molar-refractivity contribution in [2.45, 2.75) is 11.3 Å². The average Bonchev–Trinajstić information content (AvgIpc) is 3.00. The molecule has 1 heterocycles. The van der Waals surface area contributed by atoms with Gasteiger partial charge in [-0.15, -0.1) is 11.3 Å². The van der Waals surface area contributed by atoms with E-state index in [-0.39, 0.29) is 22.2 Å². The van der Waals surface area contributed by atoms with E-state index in [0.29, 0.717) is 6.42 Å². The van der Waals surface area contributed by atoms with Crippen LogP contribution in [0.3, 0.4) is 0 Å². The van der Waals surface area contributed by atoms with E-state index in [1.165, 1.54) is 30.6 Å². The van der Waals surface area contributed by atoms with E-state index in [9.17, 15) is 17.6 Å². The molecule has 2 rings (SSSR count). The molecule has 0 bridgehead atoms. The van der Waals surface area contributed by atoms with Crippen LogP contribution in [-0.4, -0.2) is 28.0 Å². The number of rotatable bonds is 6. The lowest BCUT2D eigenvalue weighted by molar-refractivity contribution is 0.0515. The third kappa shape index (κ3) is 4.12. The largest absolute Gasteiger partial charge is 0.461 e. The molecule has 0 saturated heterocycles. The number of halogens is 1. The van der Waals surface area contributed by atoms with E-state index < -0.39 is 16.0 Å². The molecule has 0 radical (unpaired) electrons. The van der Waals surface area contributed by atoms with Crippen molar-refractivity contribution in [1.82, 2.24) is 4.72 Å². The van der Waals surface area contributed by atoms with Crippen molar-refractivity contribution in [3.8, 4) is 0 Å². The Morgan fingerprint density at radius 3 is 2.64 bits per heavy atom. The number of carbonyl (C=O) groups is 1. The Morgan fingerprint density at radius 1 is 1.32 bits per heavy atom. The molecule has 1 aromatic heterocycles. The van der Waals surface area contributed by atoms with Crippen LogP contribution >= 0.6 is 11.3 Å². The van der Waals surface area contributed by atoms with Crippen molar-refractivity contribution in [2.75, 3.05) is 13.7 Å². The maximum atomic E-state index is 12.7. The number of ether oxygens (including phenoxy) is 1. The fourth-order valence-electron chi connectivity index (χ4n) is 1.67. The molecule has 0 saturated carbocycles. The van der Waals surface area contributed by atoms with Crippen LogP contribution in [0.5, 0.6) is 0 Å². The second-order valence-corrected chi connectivity index (χ2v) is 7.16. The Kier molecular flexibility index (Phi) is 5.28. The summed E-state index contributed by atoms with van der Waals surface area (Å²) in [6.45, 7) is 0.135. The number of hydrogen-bond donors (Lipinski definition) is 1. The fourth-order valence-corrected chi connectivity index (χ4v) is 3.56. The standard InChI is InChI=1S/C14H14FNO4S2/c1-16-22(18,19)12-8-13(21-9-12)14(17)20-7-6-10-2-4-11(15)5-3-10/h2-5,8-9,16H,6-7H2,1H3. The van der Waals surface area contributed by atoms with E-state index in [1.807, 2.05) is 0 Å². The number of thiophene rings is 1. The van der Waals surface area contributed by atoms with Crippen LogP contribution in [0.4, 0.5) is 4.39 Å². The molecule has 0 aliphatic heterocycles. The Labute approximate surface area is 131 Å². The topological polar surface area (TPSA) is 72.5 Å². The van der Waals surface area contributed by atoms with E-state index >= 15 is 0 Å². The number of esters is 1. The number of benzene rings is 1. The van der Waals surface area contributed by atoms with Gasteiger partial charge in [0.25, 0.3) is 0 Å². The van der Waals surface area contributed by atoms with Gasteiger partial charge in [0.1, 0.15) is 10.7 Å². The molecule has 0 spiro atoms. The van der Waals surface area contributed by atoms with Gasteiger partial charge in [0.05, 0.1) is 11.5 Å². The molecular weight excluding hydrogens is 329 g/mol. The van der Waals surface area contributed by atoms with Crippen LogP contribution in [0.25, 0.3) is 0 Å². The minimum absolute atomic E-state index is 0.0329. The molecule has 2 aromatic rings. The number of sulfonamides is 1. The van der Waals surface area contributed by atoms with E-state index in [4.69, 9.17) is 4.74 Å². The summed E-state index contributed by atoms with van der Waals surface area (Å²) in [5, 5.41) is 1.38. The van der Waals surface area contributed by atoms with Gasteiger partial charge in [-0.25, -0.2) is 22.3 Å². The van der Waals surface area contributed by atoms with Crippen molar-refractivity contribution in [3.05, 3.63) is 52.0 Å².